The highest BCUT2D eigenvalue weighted by molar-refractivity contribution is 5.91. The number of urea groups is 1. The summed E-state index contributed by atoms with van der Waals surface area (Å²) < 4.78 is 15.6. The molecule has 0 bridgehead atoms. The Hall–Kier alpha value is -3.26. The number of nitrogens with zero attached hydrogens (tertiary/aromatic N) is 1. The number of hydrogen-bond donors (Lipinski definition) is 2. The second kappa shape index (κ2) is 8.40. The van der Waals surface area contributed by atoms with Crippen LogP contribution >= 0.6 is 0 Å². The molecule has 0 spiro atoms. The zero-order valence-electron chi connectivity index (χ0n) is 16.2. The van der Waals surface area contributed by atoms with Crippen molar-refractivity contribution in [2.75, 3.05) is 37.7 Å². The highest BCUT2D eigenvalue weighted by atomic mass is 16.7. The number of methoxy groups -OCH3 is 1. The van der Waals surface area contributed by atoms with Crippen LogP contribution in [0.5, 0.6) is 11.5 Å². The summed E-state index contributed by atoms with van der Waals surface area (Å²) in [6.07, 6.45) is 1.07. The van der Waals surface area contributed by atoms with E-state index in [1.165, 1.54) is 5.56 Å². The van der Waals surface area contributed by atoms with Gasteiger partial charge in [-0.3, -0.25) is 4.79 Å². The maximum Gasteiger partial charge on any atom is 0.322 e. The summed E-state index contributed by atoms with van der Waals surface area (Å²) in [5.41, 5.74) is 3.60. The highest BCUT2D eigenvalue weighted by Gasteiger charge is 2.22. The zero-order chi connectivity index (χ0) is 20.2. The summed E-state index contributed by atoms with van der Waals surface area (Å²) >= 11 is 0. The third kappa shape index (κ3) is 4.43. The minimum Gasteiger partial charge on any atom is -0.454 e. The van der Waals surface area contributed by atoms with Gasteiger partial charge in [0.05, 0.1) is 13.0 Å². The Kier molecular flexibility index (Phi) is 5.53. The number of carbonyl (C=O) groups excluding carboxylic acids is 2. The fourth-order valence-electron chi connectivity index (χ4n) is 3.40. The average Bonchev–Trinajstić information content (AvgIpc) is 3.19. The number of ether oxygens (including phenoxy) is 3. The van der Waals surface area contributed by atoms with Gasteiger partial charge in [0, 0.05) is 37.6 Å². The molecular weight excluding hydrogens is 374 g/mol. The first-order valence-corrected chi connectivity index (χ1v) is 9.48. The lowest BCUT2D eigenvalue weighted by molar-refractivity contribution is -0.117. The predicted octanol–water partition coefficient (Wildman–Crippen LogP) is 2.98. The van der Waals surface area contributed by atoms with Crippen LogP contribution in [0.2, 0.25) is 0 Å². The molecule has 4 rings (SSSR count). The molecule has 0 radical (unpaired) electrons. The van der Waals surface area contributed by atoms with Crippen LogP contribution < -0.4 is 20.1 Å². The topological polar surface area (TPSA) is 89.1 Å². The Labute approximate surface area is 168 Å². The molecule has 2 aliphatic heterocycles. The normalized spacial score (nSPS) is 14.3. The van der Waals surface area contributed by atoms with Crippen LogP contribution in [0.25, 0.3) is 0 Å². The molecule has 2 aromatic carbocycles. The molecule has 8 nitrogen and oxygen atoms in total. The number of hydrogen-bond acceptors (Lipinski definition) is 5. The van der Waals surface area contributed by atoms with Crippen LogP contribution in [-0.4, -0.2) is 43.9 Å². The fourth-order valence-corrected chi connectivity index (χ4v) is 3.40. The summed E-state index contributed by atoms with van der Waals surface area (Å²) in [7, 11) is 1.56. The summed E-state index contributed by atoms with van der Waals surface area (Å²) in [6, 6.07) is 11.0. The van der Waals surface area contributed by atoms with E-state index >= 15 is 0 Å². The molecule has 0 unspecified atom stereocenters. The molecule has 0 aliphatic carbocycles. The number of fused-ring (bicyclic) bond motifs is 2. The number of benzene rings is 2. The van der Waals surface area contributed by atoms with Gasteiger partial charge in [0.25, 0.3) is 0 Å². The summed E-state index contributed by atoms with van der Waals surface area (Å²) in [5, 5.41) is 5.78. The van der Waals surface area contributed by atoms with E-state index in [4.69, 9.17) is 14.2 Å². The minimum absolute atomic E-state index is 0.0972. The largest absolute Gasteiger partial charge is 0.454 e. The van der Waals surface area contributed by atoms with Crippen molar-refractivity contribution in [1.82, 2.24) is 4.90 Å². The Balaban J connectivity index is 1.40. The van der Waals surface area contributed by atoms with Crippen molar-refractivity contribution in [2.45, 2.75) is 19.4 Å². The number of amides is 3. The smallest absolute Gasteiger partial charge is 0.322 e. The Morgan fingerprint density at radius 3 is 2.69 bits per heavy atom. The number of nitrogens with one attached hydrogen (secondary N) is 2. The monoisotopic (exact) mass is 397 g/mol. The minimum atomic E-state index is -0.177. The fraction of sp³-hybridized carbons (Fsp3) is 0.333. The summed E-state index contributed by atoms with van der Waals surface area (Å²) in [4.78, 5) is 26.4. The molecule has 0 saturated heterocycles. The van der Waals surface area contributed by atoms with Gasteiger partial charge in [-0.2, -0.15) is 0 Å². The first-order valence-electron chi connectivity index (χ1n) is 9.48. The van der Waals surface area contributed by atoms with Gasteiger partial charge in [-0.1, -0.05) is 6.07 Å². The zero-order valence-corrected chi connectivity index (χ0v) is 16.2. The van der Waals surface area contributed by atoms with Crippen LogP contribution in [0.3, 0.4) is 0 Å². The lowest BCUT2D eigenvalue weighted by Crippen LogP contribution is -2.38. The summed E-state index contributed by atoms with van der Waals surface area (Å²) in [6.45, 7) is 1.68. The molecule has 3 amide bonds. The lowest BCUT2D eigenvalue weighted by atomic mass is 9.99. The Bertz CT molecular complexity index is 931. The average molecular weight is 397 g/mol. The van der Waals surface area contributed by atoms with Crippen LogP contribution in [0.4, 0.5) is 16.2 Å². The standard InChI is InChI=1S/C21H23N3O5/c1-27-9-7-20(25)22-16-3-2-14-6-8-24(12-15(14)10-16)21(26)23-17-4-5-18-19(11-17)29-13-28-18/h2-5,10-11H,6-9,12-13H2,1H3,(H,22,25)(H,23,26). The van der Waals surface area contributed by atoms with Gasteiger partial charge in [-0.15, -0.1) is 0 Å². The van der Waals surface area contributed by atoms with Crippen molar-refractivity contribution in [1.29, 1.82) is 0 Å². The first-order chi connectivity index (χ1) is 14.1. The third-order valence-electron chi connectivity index (χ3n) is 4.95. The molecule has 8 heteroatoms. The van der Waals surface area contributed by atoms with Gasteiger partial charge >= 0.3 is 6.03 Å². The van der Waals surface area contributed by atoms with Crippen LogP contribution in [-0.2, 0) is 22.5 Å². The van der Waals surface area contributed by atoms with Crippen LogP contribution in [0.1, 0.15) is 17.5 Å². The van der Waals surface area contributed by atoms with Crippen LogP contribution in [0, 0.1) is 0 Å². The number of rotatable bonds is 5. The molecule has 2 aromatic rings. The quantitative estimate of drug-likeness (QED) is 0.810. The number of anilines is 2. The van der Waals surface area contributed by atoms with E-state index in [1.807, 2.05) is 18.2 Å². The van der Waals surface area contributed by atoms with E-state index < -0.39 is 0 Å². The van der Waals surface area contributed by atoms with E-state index in [1.54, 1.807) is 30.2 Å². The Morgan fingerprint density at radius 1 is 1.03 bits per heavy atom. The van der Waals surface area contributed by atoms with Crippen molar-refractivity contribution in [3.63, 3.8) is 0 Å². The molecule has 152 valence electrons. The predicted molar refractivity (Wildman–Crippen MR) is 107 cm³/mol. The summed E-state index contributed by atoms with van der Waals surface area (Å²) in [5.74, 6) is 1.20. The van der Waals surface area contributed by atoms with Gasteiger partial charge in [0.15, 0.2) is 11.5 Å². The molecule has 2 N–H and O–H groups in total. The van der Waals surface area contributed by atoms with E-state index in [9.17, 15) is 9.59 Å². The molecule has 0 aromatic heterocycles. The van der Waals surface area contributed by atoms with Crippen LogP contribution in [0.15, 0.2) is 36.4 Å². The SMILES string of the molecule is COCCC(=O)Nc1ccc2c(c1)CN(C(=O)Nc1ccc3c(c1)OCO3)CC2. The Morgan fingerprint density at radius 2 is 1.83 bits per heavy atom. The van der Waals surface area contributed by atoms with Gasteiger partial charge in [-0.05, 0) is 41.8 Å². The second-order valence-electron chi connectivity index (χ2n) is 6.94. The van der Waals surface area contributed by atoms with E-state index in [0.717, 1.165) is 17.7 Å². The van der Waals surface area contributed by atoms with Crippen molar-refractivity contribution < 1.29 is 23.8 Å². The van der Waals surface area contributed by atoms with Crippen molar-refractivity contribution in [3.8, 4) is 11.5 Å². The van der Waals surface area contributed by atoms with E-state index in [-0.39, 0.29) is 18.7 Å². The van der Waals surface area contributed by atoms with Gasteiger partial charge in [-0.25, -0.2) is 4.79 Å². The maximum absolute atomic E-state index is 12.7. The highest BCUT2D eigenvalue weighted by Crippen LogP contribution is 2.34. The van der Waals surface area contributed by atoms with Crippen molar-refractivity contribution in [3.05, 3.63) is 47.5 Å². The lowest BCUT2D eigenvalue weighted by Gasteiger charge is -2.29. The molecule has 0 atom stereocenters. The molecule has 0 fully saturated rings. The maximum atomic E-state index is 12.7. The molecule has 29 heavy (non-hydrogen) atoms. The first kappa shape index (κ1) is 19.1. The molecule has 2 heterocycles. The van der Waals surface area contributed by atoms with Gasteiger partial charge in [0.1, 0.15) is 0 Å². The van der Waals surface area contributed by atoms with E-state index in [2.05, 4.69) is 10.6 Å². The van der Waals surface area contributed by atoms with Gasteiger partial charge < -0.3 is 29.7 Å². The molecule has 0 saturated carbocycles. The number of carbonyl (C=O) groups is 2. The molecular formula is C21H23N3O5. The van der Waals surface area contributed by atoms with Gasteiger partial charge in [0.2, 0.25) is 12.7 Å². The van der Waals surface area contributed by atoms with Crippen molar-refractivity contribution >= 4 is 23.3 Å². The third-order valence-corrected chi connectivity index (χ3v) is 4.95. The second-order valence-corrected chi connectivity index (χ2v) is 6.94. The molecule has 2 aliphatic rings. The van der Waals surface area contributed by atoms with E-state index in [0.29, 0.717) is 43.3 Å². The van der Waals surface area contributed by atoms with Crippen molar-refractivity contribution in [2.24, 2.45) is 0 Å².